The van der Waals surface area contributed by atoms with Gasteiger partial charge in [-0.2, -0.15) is 0 Å². The van der Waals surface area contributed by atoms with E-state index in [0.29, 0.717) is 5.75 Å². The minimum atomic E-state index is -1.20. The second-order valence-electron chi connectivity index (χ2n) is 3.66. The van der Waals surface area contributed by atoms with E-state index < -0.39 is 11.9 Å². The summed E-state index contributed by atoms with van der Waals surface area (Å²) in [5.74, 6) is -0.179. The SMILES string of the molecule is COc1cccnc1C(O)c1ccc(Cl)cc1F. The fourth-order valence-electron chi connectivity index (χ4n) is 1.65. The molecule has 0 saturated carbocycles. The van der Waals surface area contributed by atoms with Crippen molar-refractivity contribution < 1.29 is 14.2 Å². The fourth-order valence-corrected chi connectivity index (χ4v) is 1.81. The first-order valence-corrected chi connectivity index (χ1v) is 5.63. The van der Waals surface area contributed by atoms with E-state index in [1.54, 1.807) is 12.1 Å². The maximum Gasteiger partial charge on any atom is 0.143 e. The van der Waals surface area contributed by atoms with Crippen molar-refractivity contribution in [2.75, 3.05) is 7.11 Å². The molecule has 1 aromatic carbocycles. The van der Waals surface area contributed by atoms with E-state index in [0.717, 1.165) is 6.07 Å². The number of aromatic nitrogens is 1. The lowest BCUT2D eigenvalue weighted by atomic mass is 10.0. The van der Waals surface area contributed by atoms with Gasteiger partial charge < -0.3 is 9.84 Å². The largest absolute Gasteiger partial charge is 0.495 e. The smallest absolute Gasteiger partial charge is 0.143 e. The molecule has 1 heterocycles. The molecule has 18 heavy (non-hydrogen) atoms. The Balaban J connectivity index is 2.44. The third kappa shape index (κ3) is 2.44. The molecule has 3 nitrogen and oxygen atoms in total. The molecule has 94 valence electrons. The van der Waals surface area contributed by atoms with Crippen LogP contribution in [0.5, 0.6) is 5.75 Å². The lowest BCUT2D eigenvalue weighted by Gasteiger charge is -2.14. The first-order chi connectivity index (χ1) is 8.63. The summed E-state index contributed by atoms with van der Waals surface area (Å²) in [6.07, 6.45) is 0.313. The predicted octanol–water partition coefficient (Wildman–Crippen LogP) is 2.96. The summed E-state index contributed by atoms with van der Waals surface area (Å²) < 4.78 is 18.8. The molecule has 0 fully saturated rings. The molecule has 1 unspecified atom stereocenters. The Bertz CT molecular complexity index is 562. The van der Waals surface area contributed by atoms with Crippen molar-refractivity contribution in [2.24, 2.45) is 0 Å². The quantitative estimate of drug-likeness (QED) is 0.930. The van der Waals surface area contributed by atoms with Crippen molar-refractivity contribution in [1.82, 2.24) is 4.98 Å². The molecule has 0 aliphatic heterocycles. The monoisotopic (exact) mass is 267 g/mol. The van der Waals surface area contributed by atoms with Gasteiger partial charge in [-0.3, -0.25) is 4.98 Å². The first-order valence-electron chi connectivity index (χ1n) is 5.25. The Morgan fingerprint density at radius 2 is 2.17 bits per heavy atom. The van der Waals surface area contributed by atoms with E-state index >= 15 is 0 Å². The zero-order valence-electron chi connectivity index (χ0n) is 9.60. The van der Waals surface area contributed by atoms with Gasteiger partial charge in [-0.25, -0.2) is 4.39 Å². The number of ether oxygens (including phenoxy) is 1. The molecule has 0 aliphatic rings. The van der Waals surface area contributed by atoms with Crippen LogP contribution in [0.1, 0.15) is 17.4 Å². The number of halogens is 2. The van der Waals surface area contributed by atoms with Crippen LogP contribution in [0.2, 0.25) is 5.02 Å². The van der Waals surface area contributed by atoms with Crippen LogP contribution in [0.3, 0.4) is 0 Å². The van der Waals surface area contributed by atoms with E-state index in [1.807, 2.05) is 0 Å². The predicted molar refractivity (Wildman–Crippen MR) is 66.3 cm³/mol. The minimum Gasteiger partial charge on any atom is -0.495 e. The van der Waals surface area contributed by atoms with Crippen LogP contribution in [-0.4, -0.2) is 17.2 Å². The average Bonchev–Trinajstić information content (AvgIpc) is 2.38. The Hall–Kier alpha value is -1.65. The highest BCUT2D eigenvalue weighted by Gasteiger charge is 2.20. The molecular weight excluding hydrogens is 257 g/mol. The van der Waals surface area contributed by atoms with Crippen LogP contribution >= 0.6 is 11.6 Å². The summed E-state index contributed by atoms with van der Waals surface area (Å²) in [6, 6.07) is 7.41. The Kier molecular flexibility index (Phi) is 3.79. The number of benzene rings is 1. The number of hydrogen-bond acceptors (Lipinski definition) is 3. The summed E-state index contributed by atoms with van der Waals surface area (Å²) in [5.41, 5.74) is 0.373. The highest BCUT2D eigenvalue weighted by molar-refractivity contribution is 6.30. The van der Waals surface area contributed by atoms with E-state index in [2.05, 4.69) is 4.98 Å². The van der Waals surface area contributed by atoms with Crippen molar-refractivity contribution in [1.29, 1.82) is 0 Å². The van der Waals surface area contributed by atoms with Crippen molar-refractivity contribution in [3.8, 4) is 5.75 Å². The van der Waals surface area contributed by atoms with Crippen LogP contribution in [0, 0.1) is 5.82 Å². The van der Waals surface area contributed by atoms with Gasteiger partial charge in [0.2, 0.25) is 0 Å². The van der Waals surface area contributed by atoms with E-state index in [4.69, 9.17) is 16.3 Å². The number of methoxy groups -OCH3 is 1. The first kappa shape index (κ1) is 12.8. The van der Waals surface area contributed by atoms with Gasteiger partial charge in [0.25, 0.3) is 0 Å². The van der Waals surface area contributed by atoms with Gasteiger partial charge in [0, 0.05) is 16.8 Å². The Labute approximate surface area is 109 Å². The van der Waals surface area contributed by atoms with Gasteiger partial charge in [0.15, 0.2) is 0 Å². The van der Waals surface area contributed by atoms with Crippen molar-refractivity contribution in [2.45, 2.75) is 6.10 Å². The number of aliphatic hydroxyl groups excluding tert-OH is 1. The topological polar surface area (TPSA) is 42.4 Å². The van der Waals surface area contributed by atoms with Crippen molar-refractivity contribution in [3.05, 3.63) is 58.6 Å². The van der Waals surface area contributed by atoms with Crippen molar-refractivity contribution in [3.63, 3.8) is 0 Å². The van der Waals surface area contributed by atoms with Crippen LogP contribution in [0.25, 0.3) is 0 Å². The van der Waals surface area contributed by atoms with Gasteiger partial charge in [0.1, 0.15) is 23.4 Å². The van der Waals surface area contributed by atoms with Crippen LogP contribution < -0.4 is 4.74 Å². The minimum absolute atomic E-state index is 0.108. The van der Waals surface area contributed by atoms with E-state index in [1.165, 1.54) is 25.4 Å². The van der Waals surface area contributed by atoms with E-state index in [-0.39, 0.29) is 16.3 Å². The summed E-state index contributed by atoms with van der Waals surface area (Å²) in [6.45, 7) is 0. The molecule has 1 aromatic heterocycles. The van der Waals surface area contributed by atoms with Gasteiger partial charge in [-0.1, -0.05) is 17.7 Å². The lowest BCUT2D eigenvalue weighted by molar-refractivity contribution is 0.204. The highest BCUT2D eigenvalue weighted by atomic mass is 35.5. The second kappa shape index (κ2) is 5.33. The summed E-state index contributed by atoms with van der Waals surface area (Å²) in [4.78, 5) is 4.01. The van der Waals surface area contributed by atoms with Crippen LogP contribution in [0.4, 0.5) is 4.39 Å². The molecule has 1 atom stereocenters. The fraction of sp³-hybridized carbons (Fsp3) is 0.154. The number of nitrogens with zero attached hydrogens (tertiary/aromatic N) is 1. The van der Waals surface area contributed by atoms with E-state index in [9.17, 15) is 9.50 Å². The lowest BCUT2D eigenvalue weighted by Crippen LogP contribution is -2.06. The summed E-state index contributed by atoms with van der Waals surface area (Å²) >= 11 is 5.66. The molecule has 0 saturated heterocycles. The van der Waals surface area contributed by atoms with Crippen molar-refractivity contribution >= 4 is 11.6 Å². The summed E-state index contributed by atoms with van der Waals surface area (Å²) in [7, 11) is 1.46. The maximum absolute atomic E-state index is 13.7. The molecule has 0 amide bonds. The molecule has 0 radical (unpaired) electrons. The zero-order chi connectivity index (χ0) is 13.1. The second-order valence-corrected chi connectivity index (χ2v) is 4.10. The van der Waals surface area contributed by atoms with Gasteiger partial charge in [-0.05, 0) is 24.3 Å². The normalized spacial score (nSPS) is 12.2. The Morgan fingerprint density at radius 1 is 1.39 bits per heavy atom. The van der Waals surface area contributed by atoms with Crippen LogP contribution in [0.15, 0.2) is 36.5 Å². The standard InChI is InChI=1S/C13H11ClFNO2/c1-18-11-3-2-6-16-12(11)13(17)9-5-4-8(14)7-10(9)15/h2-7,13,17H,1H3. The Morgan fingerprint density at radius 3 is 2.83 bits per heavy atom. The molecule has 2 aromatic rings. The molecular formula is C13H11ClFNO2. The summed E-state index contributed by atoms with van der Waals surface area (Å²) in [5, 5.41) is 10.4. The molecule has 5 heteroatoms. The number of rotatable bonds is 3. The van der Waals surface area contributed by atoms with Crippen LogP contribution in [-0.2, 0) is 0 Å². The average molecular weight is 268 g/mol. The third-order valence-corrected chi connectivity index (χ3v) is 2.77. The van der Waals surface area contributed by atoms with Gasteiger partial charge in [-0.15, -0.1) is 0 Å². The molecule has 2 rings (SSSR count). The van der Waals surface area contributed by atoms with Gasteiger partial charge in [0.05, 0.1) is 7.11 Å². The molecule has 0 aliphatic carbocycles. The number of pyridine rings is 1. The molecule has 0 bridgehead atoms. The third-order valence-electron chi connectivity index (χ3n) is 2.54. The number of aliphatic hydroxyl groups is 1. The highest BCUT2D eigenvalue weighted by Crippen LogP contribution is 2.30. The maximum atomic E-state index is 13.7. The van der Waals surface area contributed by atoms with Gasteiger partial charge >= 0.3 is 0 Å². The zero-order valence-corrected chi connectivity index (χ0v) is 10.4. The number of hydrogen-bond donors (Lipinski definition) is 1. The molecule has 1 N–H and O–H groups in total. The molecule has 0 spiro atoms.